The van der Waals surface area contributed by atoms with Crippen LogP contribution in [-0.2, 0) is 11.2 Å². The van der Waals surface area contributed by atoms with Crippen LogP contribution in [0.25, 0.3) is 0 Å². The Balaban J connectivity index is 1.45. The van der Waals surface area contributed by atoms with Gasteiger partial charge in [-0.1, -0.05) is 37.3 Å². The largest absolute Gasteiger partial charge is 0.352 e. The molecule has 3 rings (SSSR count). The highest BCUT2D eigenvalue weighted by atomic mass is 16.2. The van der Waals surface area contributed by atoms with E-state index in [2.05, 4.69) is 52.4 Å². The Labute approximate surface area is 146 Å². The van der Waals surface area contributed by atoms with Crippen molar-refractivity contribution >= 4 is 5.91 Å². The number of nitrogens with one attached hydrogen (secondary N) is 1. The fourth-order valence-corrected chi connectivity index (χ4v) is 4.07. The van der Waals surface area contributed by atoms with Crippen molar-refractivity contribution in [2.75, 3.05) is 32.7 Å². The van der Waals surface area contributed by atoms with E-state index in [1.54, 1.807) is 0 Å². The van der Waals surface area contributed by atoms with Crippen LogP contribution in [0.15, 0.2) is 30.3 Å². The van der Waals surface area contributed by atoms with Gasteiger partial charge in [0, 0.05) is 25.2 Å². The molecule has 24 heavy (non-hydrogen) atoms. The standard InChI is InChI=1S/C20H31N3O/c1-2-22-13-10-18(11-14-22)21-20(24)16-23-12-6-9-19(23)15-17-7-4-3-5-8-17/h3-5,7-8,18-19H,2,6,9-16H2,1H3,(H,21,24). The molecule has 2 fully saturated rings. The molecule has 1 aromatic carbocycles. The van der Waals surface area contributed by atoms with Gasteiger partial charge in [-0.05, 0) is 50.8 Å². The van der Waals surface area contributed by atoms with Crippen molar-refractivity contribution in [2.45, 2.75) is 51.1 Å². The minimum Gasteiger partial charge on any atom is -0.352 e. The number of carbonyl (C=O) groups excluding carboxylic acids is 1. The van der Waals surface area contributed by atoms with Gasteiger partial charge < -0.3 is 10.2 Å². The van der Waals surface area contributed by atoms with Crippen molar-refractivity contribution in [1.29, 1.82) is 0 Å². The number of nitrogens with zero attached hydrogens (tertiary/aromatic N) is 2. The molecule has 0 radical (unpaired) electrons. The van der Waals surface area contributed by atoms with Gasteiger partial charge in [0.2, 0.25) is 5.91 Å². The lowest BCUT2D eigenvalue weighted by Crippen LogP contribution is -2.48. The van der Waals surface area contributed by atoms with Crippen LogP contribution in [0.2, 0.25) is 0 Å². The molecule has 132 valence electrons. The smallest absolute Gasteiger partial charge is 0.234 e. The SMILES string of the molecule is CCN1CCC(NC(=O)CN2CCCC2Cc2ccccc2)CC1. The maximum Gasteiger partial charge on any atom is 0.234 e. The molecule has 0 aromatic heterocycles. The summed E-state index contributed by atoms with van der Waals surface area (Å²) in [5.41, 5.74) is 1.38. The zero-order valence-corrected chi connectivity index (χ0v) is 14.9. The van der Waals surface area contributed by atoms with Gasteiger partial charge in [-0.25, -0.2) is 0 Å². The summed E-state index contributed by atoms with van der Waals surface area (Å²) in [7, 11) is 0. The minimum atomic E-state index is 0.213. The second-order valence-electron chi connectivity index (χ2n) is 7.23. The summed E-state index contributed by atoms with van der Waals surface area (Å²) in [6.45, 7) is 7.17. The Hall–Kier alpha value is -1.39. The van der Waals surface area contributed by atoms with E-state index in [1.165, 1.54) is 18.4 Å². The first kappa shape index (κ1) is 17.4. The van der Waals surface area contributed by atoms with E-state index in [0.29, 0.717) is 18.6 Å². The van der Waals surface area contributed by atoms with E-state index in [9.17, 15) is 4.79 Å². The lowest BCUT2D eigenvalue weighted by Gasteiger charge is -2.32. The van der Waals surface area contributed by atoms with E-state index >= 15 is 0 Å². The van der Waals surface area contributed by atoms with E-state index < -0.39 is 0 Å². The van der Waals surface area contributed by atoms with E-state index in [0.717, 1.165) is 45.4 Å². The number of piperidine rings is 1. The number of amides is 1. The Kier molecular flexibility index (Phi) is 6.27. The Bertz CT molecular complexity index is 511. The number of likely N-dealkylation sites (tertiary alicyclic amines) is 2. The summed E-state index contributed by atoms with van der Waals surface area (Å²) in [5, 5.41) is 3.27. The number of hydrogen-bond acceptors (Lipinski definition) is 3. The number of benzene rings is 1. The molecule has 2 aliphatic rings. The predicted molar refractivity (Wildman–Crippen MR) is 98.0 cm³/mol. The van der Waals surface area contributed by atoms with E-state index in [-0.39, 0.29) is 5.91 Å². The molecule has 4 heteroatoms. The van der Waals surface area contributed by atoms with Crippen molar-refractivity contribution in [2.24, 2.45) is 0 Å². The van der Waals surface area contributed by atoms with Crippen LogP contribution < -0.4 is 5.32 Å². The Morgan fingerprint density at radius 3 is 2.58 bits per heavy atom. The average molecular weight is 329 g/mol. The lowest BCUT2D eigenvalue weighted by atomic mass is 10.0. The highest BCUT2D eigenvalue weighted by molar-refractivity contribution is 5.78. The first-order chi connectivity index (χ1) is 11.7. The molecule has 1 N–H and O–H groups in total. The number of hydrogen-bond donors (Lipinski definition) is 1. The number of rotatable bonds is 6. The van der Waals surface area contributed by atoms with Crippen molar-refractivity contribution in [1.82, 2.24) is 15.1 Å². The van der Waals surface area contributed by atoms with Crippen LogP contribution in [0, 0.1) is 0 Å². The zero-order chi connectivity index (χ0) is 16.8. The summed E-state index contributed by atoms with van der Waals surface area (Å²) in [4.78, 5) is 17.3. The fourth-order valence-electron chi connectivity index (χ4n) is 4.07. The maximum atomic E-state index is 12.4. The van der Waals surface area contributed by atoms with Gasteiger partial charge in [0.1, 0.15) is 0 Å². The molecule has 2 aliphatic heterocycles. The van der Waals surface area contributed by atoms with Crippen molar-refractivity contribution < 1.29 is 4.79 Å². The normalized spacial score (nSPS) is 23.5. The molecule has 1 unspecified atom stereocenters. The summed E-state index contributed by atoms with van der Waals surface area (Å²) in [6, 6.07) is 11.5. The third-order valence-electron chi connectivity index (χ3n) is 5.56. The fraction of sp³-hybridized carbons (Fsp3) is 0.650. The third-order valence-corrected chi connectivity index (χ3v) is 5.56. The summed E-state index contributed by atoms with van der Waals surface area (Å²) >= 11 is 0. The molecule has 2 saturated heterocycles. The van der Waals surface area contributed by atoms with Crippen LogP contribution in [0.3, 0.4) is 0 Å². The topological polar surface area (TPSA) is 35.6 Å². The Morgan fingerprint density at radius 2 is 1.88 bits per heavy atom. The molecule has 0 spiro atoms. The van der Waals surface area contributed by atoms with Gasteiger partial charge >= 0.3 is 0 Å². The molecule has 0 aliphatic carbocycles. The molecular weight excluding hydrogens is 298 g/mol. The Morgan fingerprint density at radius 1 is 1.12 bits per heavy atom. The van der Waals surface area contributed by atoms with Gasteiger partial charge in [-0.15, -0.1) is 0 Å². The molecule has 1 amide bonds. The quantitative estimate of drug-likeness (QED) is 0.870. The number of carbonyl (C=O) groups is 1. The van der Waals surface area contributed by atoms with Gasteiger partial charge in [0.25, 0.3) is 0 Å². The molecule has 1 atom stereocenters. The lowest BCUT2D eigenvalue weighted by molar-refractivity contribution is -0.123. The van der Waals surface area contributed by atoms with Crippen LogP contribution in [0.1, 0.15) is 38.2 Å². The summed E-state index contributed by atoms with van der Waals surface area (Å²) < 4.78 is 0. The van der Waals surface area contributed by atoms with Crippen LogP contribution in [0.5, 0.6) is 0 Å². The highest BCUT2D eigenvalue weighted by Gasteiger charge is 2.27. The molecular formula is C20H31N3O. The molecule has 0 bridgehead atoms. The minimum absolute atomic E-state index is 0.213. The molecule has 1 aromatic rings. The molecule has 4 nitrogen and oxygen atoms in total. The van der Waals surface area contributed by atoms with Crippen LogP contribution in [0.4, 0.5) is 0 Å². The first-order valence-corrected chi connectivity index (χ1v) is 9.54. The van der Waals surface area contributed by atoms with E-state index in [4.69, 9.17) is 0 Å². The summed E-state index contributed by atoms with van der Waals surface area (Å²) in [5.74, 6) is 0.213. The van der Waals surface area contributed by atoms with E-state index in [1.807, 2.05) is 0 Å². The van der Waals surface area contributed by atoms with Gasteiger partial charge in [0.15, 0.2) is 0 Å². The van der Waals surface area contributed by atoms with Crippen molar-refractivity contribution in [3.63, 3.8) is 0 Å². The monoisotopic (exact) mass is 329 g/mol. The molecule has 2 heterocycles. The van der Waals surface area contributed by atoms with Gasteiger partial charge in [-0.3, -0.25) is 9.69 Å². The maximum absolute atomic E-state index is 12.4. The van der Waals surface area contributed by atoms with Crippen LogP contribution in [-0.4, -0.2) is 60.5 Å². The van der Waals surface area contributed by atoms with Crippen LogP contribution >= 0.6 is 0 Å². The van der Waals surface area contributed by atoms with Gasteiger partial charge in [-0.2, -0.15) is 0 Å². The van der Waals surface area contributed by atoms with Gasteiger partial charge in [0.05, 0.1) is 6.54 Å². The van der Waals surface area contributed by atoms with Crippen molar-refractivity contribution in [3.8, 4) is 0 Å². The van der Waals surface area contributed by atoms with Crippen molar-refractivity contribution in [3.05, 3.63) is 35.9 Å². The average Bonchev–Trinajstić information content (AvgIpc) is 3.03. The third kappa shape index (κ3) is 4.81. The molecule has 0 saturated carbocycles. The first-order valence-electron chi connectivity index (χ1n) is 9.54. The second kappa shape index (κ2) is 8.63. The second-order valence-corrected chi connectivity index (χ2v) is 7.23. The zero-order valence-electron chi connectivity index (χ0n) is 14.9. The predicted octanol–water partition coefficient (Wildman–Crippen LogP) is 2.29. The summed E-state index contributed by atoms with van der Waals surface area (Å²) in [6.07, 6.45) is 5.65. The highest BCUT2D eigenvalue weighted by Crippen LogP contribution is 2.21.